The number of aliphatic carboxylic acids is 1. The molecule has 1 rings (SSSR count). The van der Waals surface area contributed by atoms with Gasteiger partial charge in [-0.15, -0.1) is 0 Å². The van der Waals surface area contributed by atoms with Crippen molar-refractivity contribution in [2.75, 3.05) is 6.54 Å². The van der Waals surface area contributed by atoms with Gasteiger partial charge in [0, 0.05) is 18.1 Å². The number of hydrogen-bond donors (Lipinski definition) is 1. The van der Waals surface area contributed by atoms with Crippen LogP contribution in [0.3, 0.4) is 0 Å². The van der Waals surface area contributed by atoms with E-state index in [0.717, 1.165) is 5.56 Å². The lowest BCUT2D eigenvalue weighted by Gasteiger charge is -2.20. The van der Waals surface area contributed by atoms with Crippen LogP contribution in [0, 0.1) is 0 Å². The summed E-state index contributed by atoms with van der Waals surface area (Å²) in [4.78, 5) is 23.5. The minimum atomic E-state index is -1.11. The van der Waals surface area contributed by atoms with E-state index in [-0.39, 0.29) is 5.91 Å². The normalized spacial score (nSPS) is 10.0. The van der Waals surface area contributed by atoms with Gasteiger partial charge in [0.1, 0.15) is 6.42 Å². The molecule has 1 amide bonds. The van der Waals surface area contributed by atoms with Crippen molar-refractivity contribution in [1.82, 2.24) is 4.90 Å². The van der Waals surface area contributed by atoms with Crippen molar-refractivity contribution in [2.24, 2.45) is 0 Å². The van der Waals surface area contributed by atoms with Crippen LogP contribution in [0.25, 0.3) is 0 Å². The van der Waals surface area contributed by atoms with Gasteiger partial charge in [0.2, 0.25) is 5.91 Å². The Kier molecular flexibility index (Phi) is 4.97. The van der Waals surface area contributed by atoms with E-state index in [1.165, 1.54) is 4.90 Å². The summed E-state index contributed by atoms with van der Waals surface area (Å²) in [6, 6.07) is 7.16. The van der Waals surface area contributed by atoms with Gasteiger partial charge in [-0.2, -0.15) is 0 Å². The molecule has 0 radical (unpaired) electrons. The third-order valence-electron chi connectivity index (χ3n) is 2.30. The van der Waals surface area contributed by atoms with Crippen LogP contribution in [-0.2, 0) is 16.1 Å². The lowest BCUT2D eigenvalue weighted by molar-refractivity contribution is -0.144. The van der Waals surface area contributed by atoms with Crippen LogP contribution >= 0.6 is 11.6 Å². The molecule has 0 aliphatic heterocycles. The predicted octanol–water partition coefficient (Wildman–Crippen LogP) is 2.16. The molecule has 1 aromatic rings. The predicted molar refractivity (Wildman–Crippen MR) is 64.8 cm³/mol. The van der Waals surface area contributed by atoms with Crippen LogP contribution in [0.1, 0.15) is 18.9 Å². The van der Waals surface area contributed by atoms with Gasteiger partial charge in [-0.3, -0.25) is 9.59 Å². The Balaban J connectivity index is 2.69. The van der Waals surface area contributed by atoms with Gasteiger partial charge in [-0.1, -0.05) is 23.7 Å². The first-order valence-corrected chi connectivity index (χ1v) is 5.64. The second kappa shape index (κ2) is 6.25. The summed E-state index contributed by atoms with van der Waals surface area (Å²) >= 11 is 5.84. The van der Waals surface area contributed by atoms with E-state index in [1.807, 2.05) is 13.0 Å². The van der Waals surface area contributed by atoms with Gasteiger partial charge in [0.25, 0.3) is 0 Å². The number of nitrogens with zero attached hydrogens (tertiary/aromatic N) is 1. The Bertz CT molecular complexity index is 420. The molecule has 4 nitrogen and oxygen atoms in total. The second-order valence-corrected chi connectivity index (χ2v) is 4.04. The van der Waals surface area contributed by atoms with Crippen LogP contribution in [0.5, 0.6) is 0 Å². The van der Waals surface area contributed by atoms with Crippen molar-refractivity contribution < 1.29 is 14.7 Å². The lowest BCUT2D eigenvalue weighted by atomic mass is 10.2. The number of rotatable bonds is 5. The molecule has 0 fully saturated rings. The van der Waals surface area contributed by atoms with Crippen LogP contribution in [0.4, 0.5) is 0 Å². The van der Waals surface area contributed by atoms with E-state index < -0.39 is 12.4 Å². The Hall–Kier alpha value is -1.55. The smallest absolute Gasteiger partial charge is 0.312 e. The topological polar surface area (TPSA) is 57.6 Å². The maximum absolute atomic E-state index is 11.6. The number of carbonyl (C=O) groups is 2. The number of amides is 1. The SMILES string of the molecule is CCN(Cc1cccc(Cl)c1)C(=O)CC(=O)O. The standard InChI is InChI=1S/C12H14ClNO3/c1-2-14(11(15)7-12(16)17)8-9-4-3-5-10(13)6-9/h3-6H,2,7-8H2,1H3,(H,16,17). The van der Waals surface area contributed by atoms with E-state index in [4.69, 9.17) is 16.7 Å². The average molecular weight is 256 g/mol. The van der Waals surface area contributed by atoms with Crippen molar-refractivity contribution in [2.45, 2.75) is 19.9 Å². The Morgan fingerprint density at radius 1 is 1.41 bits per heavy atom. The van der Waals surface area contributed by atoms with Gasteiger partial charge in [0.15, 0.2) is 0 Å². The van der Waals surface area contributed by atoms with Crippen LogP contribution in [-0.4, -0.2) is 28.4 Å². The van der Waals surface area contributed by atoms with E-state index >= 15 is 0 Å². The number of hydrogen-bond acceptors (Lipinski definition) is 2. The largest absolute Gasteiger partial charge is 0.481 e. The van der Waals surface area contributed by atoms with Gasteiger partial charge in [-0.25, -0.2) is 0 Å². The molecule has 0 saturated heterocycles. The molecule has 0 aliphatic rings. The highest BCUT2D eigenvalue weighted by Gasteiger charge is 2.15. The minimum Gasteiger partial charge on any atom is -0.481 e. The van der Waals surface area contributed by atoms with Crippen LogP contribution < -0.4 is 0 Å². The lowest BCUT2D eigenvalue weighted by Crippen LogP contribution is -2.31. The maximum Gasteiger partial charge on any atom is 0.312 e. The summed E-state index contributed by atoms with van der Waals surface area (Å²) in [5, 5.41) is 9.17. The second-order valence-electron chi connectivity index (χ2n) is 3.61. The molecule has 0 aromatic heterocycles. The summed E-state index contributed by atoms with van der Waals surface area (Å²) in [6.45, 7) is 2.66. The summed E-state index contributed by atoms with van der Waals surface area (Å²) in [6.07, 6.45) is -0.478. The fraction of sp³-hybridized carbons (Fsp3) is 0.333. The number of carboxylic acid groups (broad SMARTS) is 1. The molecule has 0 unspecified atom stereocenters. The van der Waals surface area contributed by atoms with E-state index in [0.29, 0.717) is 18.1 Å². The zero-order valence-corrected chi connectivity index (χ0v) is 10.3. The monoisotopic (exact) mass is 255 g/mol. The Labute approximate surface area is 105 Å². The Morgan fingerprint density at radius 3 is 2.65 bits per heavy atom. The summed E-state index contributed by atoms with van der Waals surface area (Å²) in [5.74, 6) is -1.50. The number of benzene rings is 1. The minimum absolute atomic E-state index is 0.378. The molecule has 0 heterocycles. The Morgan fingerprint density at radius 2 is 2.12 bits per heavy atom. The quantitative estimate of drug-likeness (QED) is 0.821. The van der Waals surface area contributed by atoms with E-state index in [2.05, 4.69) is 0 Å². The summed E-state index contributed by atoms with van der Waals surface area (Å²) < 4.78 is 0. The third kappa shape index (κ3) is 4.44. The maximum atomic E-state index is 11.6. The van der Waals surface area contributed by atoms with Gasteiger partial charge in [0.05, 0.1) is 0 Å². The number of carbonyl (C=O) groups excluding carboxylic acids is 1. The van der Waals surface area contributed by atoms with Gasteiger partial charge < -0.3 is 10.0 Å². The molecule has 0 aliphatic carbocycles. The first-order valence-electron chi connectivity index (χ1n) is 5.27. The van der Waals surface area contributed by atoms with E-state index in [9.17, 15) is 9.59 Å². The van der Waals surface area contributed by atoms with E-state index in [1.54, 1.807) is 18.2 Å². The van der Waals surface area contributed by atoms with Gasteiger partial charge in [-0.05, 0) is 24.6 Å². The highest BCUT2D eigenvalue weighted by atomic mass is 35.5. The molecular formula is C12H14ClNO3. The molecule has 5 heteroatoms. The molecular weight excluding hydrogens is 242 g/mol. The highest BCUT2D eigenvalue weighted by Crippen LogP contribution is 2.13. The molecule has 0 spiro atoms. The fourth-order valence-corrected chi connectivity index (χ4v) is 1.69. The molecule has 0 atom stereocenters. The first kappa shape index (κ1) is 13.5. The van der Waals surface area contributed by atoms with Crippen LogP contribution in [0.15, 0.2) is 24.3 Å². The average Bonchev–Trinajstić information content (AvgIpc) is 2.24. The molecule has 17 heavy (non-hydrogen) atoms. The van der Waals surface area contributed by atoms with Crippen molar-refractivity contribution >= 4 is 23.5 Å². The summed E-state index contributed by atoms with van der Waals surface area (Å²) in [5.41, 5.74) is 0.887. The van der Waals surface area contributed by atoms with Crippen molar-refractivity contribution in [3.63, 3.8) is 0 Å². The fourth-order valence-electron chi connectivity index (χ4n) is 1.47. The molecule has 1 aromatic carbocycles. The highest BCUT2D eigenvalue weighted by molar-refractivity contribution is 6.30. The van der Waals surface area contributed by atoms with Crippen molar-refractivity contribution in [1.29, 1.82) is 0 Å². The zero-order valence-electron chi connectivity index (χ0n) is 9.52. The zero-order chi connectivity index (χ0) is 12.8. The van der Waals surface area contributed by atoms with Crippen molar-refractivity contribution in [3.8, 4) is 0 Å². The molecule has 0 bridgehead atoms. The van der Waals surface area contributed by atoms with Crippen molar-refractivity contribution in [3.05, 3.63) is 34.9 Å². The molecule has 92 valence electrons. The summed E-state index contributed by atoms with van der Waals surface area (Å²) in [7, 11) is 0. The third-order valence-corrected chi connectivity index (χ3v) is 2.53. The molecule has 0 saturated carbocycles. The number of carboxylic acids is 1. The molecule has 1 N–H and O–H groups in total. The van der Waals surface area contributed by atoms with Gasteiger partial charge >= 0.3 is 5.97 Å². The van der Waals surface area contributed by atoms with Crippen LogP contribution in [0.2, 0.25) is 5.02 Å². The number of halogens is 1. The first-order chi connectivity index (χ1) is 8.02.